The highest BCUT2D eigenvalue weighted by atomic mass is 79.9. The van der Waals surface area contributed by atoms with Gasteiger partial charge in [0.15, 0.2) is 0 Å². The molecule has 0 saturated carbocycles. The van der Waals surface area contributed by atoms with Gasteiger partial charge < -0.3 is 25.3 Å². The number of rotatable bonds is 10. The number of nitrogens with zero attached hydrogens (tertiary/aromatic N) is 1. The van der Waals surface area contributed by atoms with Gasteiger partial charge in [0.25, 0.3) is 0 Å². The quantitative estimate of drug-likeness (QED) is 0.444. The van der Waals surface area contributed by atoms with E-state index in [9.17, 15) is 19.5 Å². The van der Waals surface area contributed by atoms with Gasteiger partial charge in [-0.1, -0.05) is 65.8 Å². The molecule has 2 aromatic carbocycles. The number of hydrogen-bond acceptors (Lipinski definition) is 6. The van der Waals surface area contributed by atoms with Gasteiger partial charge in [0, 0.05) is 19.3 Å². The van der Waals surface area contributed by atoms with E-state index in [1.165, 1.54) is 0 Å². The summed E-state index contributed by atoms with van der Waals surface area (Å²) >= 11 is 3.20. The maximum Gasteiger partial charge on any atom is 0.408 e. The zero-order valence-corrected chi connectivity index (χ0v) is 19.2. The van der Waals surface area contributed by atoms with Crippen molar-refractivity contribution in [2.24, 2.45) is 5.16 Å². The second-order valence-electron chi connectivity index (χ2n) is 7.48. The number of carboxylic acids is 1. The Morgan fingerprint density at radius 3 is 2.24 bits per heavy atom. The summed E-state index contributed by atoms with van der Waals surface area (Å²) in [6, 6.07) is 16.0. The predicted molar refractivity (Wildman–Crippen MR) is 124 cm³/mol. The number of aliphatic carboxylic acids is 1. The number of carbonyl (C=O) groups excluding carboxylic acids is 2. The van der Waals surface area contributed by atoms with Crippen LogP contribution in [0.3, 0.4) is 0 Å². The molecule has 9 nitrogen and oxygen atoms in total. The highest BCUT2D eigenvalue weighted by Gasteiger charge is 2.31. The monoisotopic (exact) mass is 517 g/mol. The number of benzene rings is 2. The molecule has 0 aliphatic carbocycles. The van der Waals surface area contributed by atoms with E-state index >= 15 is 0 Å². The molecule has 2 unspecified atom stereocenters. The molecule has 1 heterocycles. The standard InChI is InChI=1S/C23H24BrN3O6/c24-20-13-17(33-27-20)12-19(22(29)30)25-21(28)18(11-15-7-3-1-4-8-15)26-23(31)32-14-16-9-5-2-6-10-16/h1-10,17-19H,11-14H2,(H,25,28)(H,26,31)(H,29,30)/t17?,18-,19?/m0/s1. The fourth-order valence-electron chi connectivity index (χ4n) is 3.24. The molecule has 1 aliphatic heterocycles. The van der Waals surface area contributed by atoms with Crippen molar-refractivity contribution in [2.75, 3.05) is 0 Å². The summed E-state index contributed by atoms with van der Waals surface area (Å²) in [7, 11) is 0. The summed E-state index contributed by atoms with van der Waals surface area (Å²) in [4.78, 5) is 42.3. The minimum Gasteiger partial charge on any atom is -0.480 e. The van der Waals surface area contributed by atoms with Crippen LogP contribution in [0.5, 0.6) is 0 Å². The molecule has 0 fully saturated rings. The molecule has 0 spiro atoms. The molecular formula is C23H24BrN3O6. The Morgan fingerprint density at radius 2 is 1.67 bits per heavy atom. The van der Waals surface area contributed by atoms with Crippen molar-refractivity contribution >= 4 is 38.5 Å². The van der Waals surface area contributed by atoms with E-state index in [0.29, 0.717) is 11.0 Å². The van der Waals surface area contributed by atoms with Gasteiger partial charge in [-0.2, -0.15) is 0 Å². The van der Waals surface area contributed by atoms with Crippen molar-refractivity contribution in [3.05, 3.63) is 71.8 Å². The molecule has 0 saturated heterocycles. The number of hydrogen-bond donors (Lipinski definition) is 3. The summed E-state index contributed by atoms with van der Waals surface area (Å²) in [5.74, 6) is -1.85. The average Bonchev–Trinajstić information content (AvgIpc) is 3.22. The Balaban J connectivity index is 1.64. The first kappa shape index (κ1) is 24.2. The molecule has 33 heavy (non-hydrogen) atoms. The Bertz CT molecular complexity index is 986. The van der Waals surface area contributed by atoms with Gasteiger partial charge in [-0.3, -0.25) is 4.79 Å². The fourth-order valence-corrected chi connectivity index (χ4v) is 3.69. The Morgan fingerprint density at radius 1 is 1.03 bits per heavy atom. The van der Waals surface area contributed by atoms with E-state index < -0.39 is 36.2 Å². The summed E-state index contributed by atoms with van der Waals surface area (Å²) in [5.41, 5.74) is 1.59. The Labute approximate surface area is 199 Å². The Kier molecular flexibility index (Phi) is 8.82. The third-order valence-electron chi connectivity index (χ3n) is 4.91. The van der Waals surface area contributed by atoms with Crippen LogP contribution in [0.25, 0.3) is 0 Å². The first-order valence-corrected chi connectivity index (χ1v) is 11.1. The van der Waals surface area contributed by atoms with Gasteiger partial charge in [0.1, 0.15) is 29.4 Å². The average molecular weight is 518 g/mol. The third kappa shape index (κ3) is 7.90. The summed E-state index contributed by atoms with van der Waals surface area (Å²) < 4.78 is 5.81. The normalized spacial score (nSPS) is 16.6. The van der Waals surface area contributed by atoms with E-state index in [0.717, 1.165) is 11.1 Å². The smallest absolute Gasteiger partial charge is 0.408 e. The highest BCUT2D eigenvalue weighted by Crippen LogP contribution is 2.19. The lowest BCUT2D eigenvalue weighted by atomic mass is 10.0. The van der Waals surface area contributed by atoms with E-state index in [1.807, 2.05) is 60.7 Å². The SMILES string of the molecule is O=C(N[C@@H](Cc1ccccc1)C(=O)NC(CC1CC(Br)=NO1)C(=O)O)OCc1ccccc1. The second-order valence-corrected chi connectivity index (χ2v) is 8.40. The van der Waals surface area contributed by atoms with Crippen molar-refractivity contribution < 1.29 is 29.1 Å². The molecule has 1 aliphatic rings. The predicted octanol–water partition coefficient (Wildman–Crippen LogP) is 2.98. The summed E-state index contributed by atoms with van der Waals surface area (Å²) in [5, 5.41) is 18.4. The van der Waals surface area contributed by atoms with Crippen molar-refractivity contribution in [1.82, 2.24) is 10.6 Å². The zero-order chi connectivity index (χ0) is 23.6. The topological polar surface area (TPSA) is 126 Å². The molecule has 3 atom stereocenters. The van der Waals surface area contributed by atoms with Crippen LogP contribution in [-0.4, -0.2) is 45.9 Å². The Hall–Kier alpha value is -3.40. The zero-order valence-electron chi connectivity index (χ0n) is 17.6. The van der Waals surface area contributed by atoms with Gasteiger partial charge in [0.05, 0.1) is 0 Å². The first-order chi connectivity index (χ1) is 15.9. The number of halogens is 1. The molecular weight excluding hydrogens is 494 g/mol. The van der Waals surface area contributed by atoms with Crippen LogP contribution in [0.1, 0.15) is 24.0 Å². The largest absolute Gasteiger partial charge is 0.480 e. The first-order valence-electron chi connectivity index (χ1n) is 10.3. The van der Waals surface area contributed by atoms with Crippen molar-refractivity contribution in [2.45, 2.75) is 44.1 Å². The third-order valence-corrected chi connectivity index (χ3v) is 5.38. The molecule has 2 amide bonds. The number of carboxylic acid groups (broad SMARTS) is 1. The maximum atomic E-state index is 13.0. The van der Waals surface area contributed by atoms with Gasteiger partial charge in [-0.05, 0) is 27.1 Å². The van der Waals surface area contributed by atoms with Crippen molar-refractivity contribution in [3.63, 3.8) is 0 Å². The number of carbonyl (C=O) groups is 3. The van der Waals surface area contributed by atoms with Crippen molar-refractivity contribution in [3.8, 4) is 0 Å². The van der Waals surface area contributed by atoms with Crippen LogP contribution < -0.4 is 10.6 Å². The van der Waals surface area contributed by atoms with Crippen molar-refractivity contribution in [1.29, 1.82) is 0 Å². The number of nitrogens with one attached hydrogen (secondary N) is 2. The second kappa shape index (κ2) is 12.0. The van der Waals surface area contributed by atoms with Crippen LogP contribution in [0.2, 0.25) is 0 Å². The van der Waals surface area contributed by atoms with Crippen LogP contribution in [-0.2, 0) is 32.2 Å². The van der Waals surface area contributed by atoms with E-state index in [1.54, 1.807) is 0 Å². The van der Waals surface area contributed by atoms with Gasteiger partial charge >= 0.3 is 12.1 Å². The molecule has 0 aromatic heterocycles. The number of alkyl carbamates (subject to hydrolysis) is 1. The molecule has 3 rings (SSSR count). The molecule has 174 valence electrons. The van der Waals surface area contributed by atoms with Gasteiger partial charge in [-0.15, -0.1) is 0 Å². The van der Waals surface area contributed by atoms with E-state index in [-0.39, 0.29) is 19.4 Å². The van der Waals surface area contributed by atoms with Gasteiger partial charge in [-0.25, -0.2) is 9.59 Å². The van der Waals surface area contributed by atoms with Gasteiger partial charge in [0.2, 0.25) is 5.91 Å². The molecule has 2 aromatic rings. The molecule has 3 N–H and O–H groups in total. The minimum atomic E-state index is -1.21. The number of ether oxygens (including phenoxy) is 1. The summed E-state index contributed by atoms with van der Waals surface area (Å²) in [6.45, 7) is 0.0397. The summed E-state index contributed by atoms with van der Waals surface area (Å²) in [6.07, 6.45) is -0.656. The van der Waals surface area contributed by atoms with E-state index in [4.69, 9.17) is 9.57 Å². The molecule has 10 heteroatoms. The van der Waals surface area contributed by atoms with Crippen LogP contribution in [0.4, 0.5) is 4.79 Å². The lowest BCUT2D eigenvalue weighted by Crippen LogP contribution is -2.53. The number of amides is 2. The van der Waals surface area contributed by atoms with Crippen LogP contribution >= 0.6 is 15.9 Å². The number of oxime groups is 1. The van der Waals surface area contributed by atoms with Crippen LogP contribution in [0, 0.1) is 0 Å². The lowest BCUT2D eigenvalue weighted by Gasteiger charge is -2.22. The van der Waals surface area contributed by atoms with Crippen LogP contribution in [0.15, 0.2) is 65.8 Å². The minimum absolute atomic E-state index is 0.0240. The highest BCUT2D eigenvalue weighted by molar-refractivity contribution is 9.18. The van der Waals surface area contributed by atoms with E-state index in [2.05, 4.69) is 31.7 Å². The maximum absolute atomic E-state index is 13.0. The molecule has 0 radical (unpaired) electrons. The molecule has 0 bridgehead atoms. The fraction of sp³-hybridized carbons (Fsp3) is 0.304. The lowest BCUT2D eigenvalue weighted by molar-refractivity contribution is -0.143.